The zero-order valence-corrected chi connectivity index (χ0v) is 9.80. The summed E-state index contributed by atoms with van der Waals surface area (Å²) < 4.78 is 9.71. The molecule has 0 aromatic carbocycles. The van der Waals surface area contributed by atoms with Crippen LogP contribution in [0.2, 0.25) is 0 Å². The molecule has 1 amide bonds. The molecule has 5 nitrogen and oxygen atoms in total. The molecule has 0 atom stereocenters. The second-order valence-corrected chi connectivity index (χ2v) is 3.68. The molecular formula is C12H15NO4. The average Bonchev–Trinajstić information content (AvgIpc) is 2.75. The summed E-state index contributed by atoms with van der Waals surface area (Å²) in [6, 6.07) is 3.44. The van der Waals surface area contributed by atoms with E-state index in [0.717, 1.165) is 0 Å². The van der Waals surface area contributed by atoms with Crippen molar-refractivity contribution in [1.29, 1.82) is 0 Å². The quantitative estimate of drug-likeness (QED) is 0.620. The standard InChI is InChI=1S/C12H15NO4/c1-9(2)13-11(14)8-17-12(15)6-5-10-4-3-7-16-10/h3-7,9H,8H2,1-2H3,(H,13,14). The number of carbonyl (C=O) groups is 2. The van der Waals surface area contributed by atoms with E-state index in [1.165, 1.54) is 18.4 Å². The van der Waals surface area contributed by atoms with Gasteiger partial charge in [-0.2, -0.15) is 0 Å². The number of nitrogens with one attached hydrogen (secondary N) is 1. The highest BCUT2D eigenvalue weighted by atomic mass is 16.5. The lowest BCUT2D eigenvalue weighted by molar-refractivity contribution is -0.143. The van der Waals surface area contributed by atoms with Crippen LogP contribution in [0.15, 0.2) is 28.9 Å². The van der Waals surface area contributed by atoms with Gasteiger partial charge in [-0.15, -0.1) is 0 Å². The number of hydrogen-bond donors (Lipinski definition) is 1. The third kappa shape index (κ3) is 5.55. The van der Waals surface area contributed by atoms with Gasteiger partial charge in [-0.3, -0.25) is 4.79 Å². The number of amides is 1. The van der Waals surface area contributed by atoms with E-state index in [0.29, 0.717) is 5.76 Å². The minimum atomic E-state index is -0.583. The fraction of sp³-hybridized carbons (Fsp3) is 0.333. The largest absolute Gasteiger partial charge is 0.465 e. The number of hydrogen-bond acceptors (Lipinski definition) is 4. The van der Waals surface area contributed by atoms with Crippen molar-refractivity contribution in [2.75, 3.05) is 6.61 Å². The van der Waals surface area contributed by atoms with Crippen LogP contribution < -0.4 is 5.32 Å². The Morgan fingerprint density at radius 1 is 1.53 bits per heavy atom. The molecule has 0 aliphatic carbocycles. The van der Waals surface area contributed by atoms with E-state index in [4.69, 9.17) is 9.15 Å². The second-order valence-electron chi connectivity index (χ2n) is 3.68. The third-order valence-corrected chi connectivity index (χ3v) is 1.72. The van der Waals surface area contributed by atoms with Crippen LogP contribution >= 0.6 is 0 Å². The lowest BCUT2D eigenvalue weighted by atomic mass is 10.4. The Kier molecular flexibility index (Phi) is 5.00. The molecule has 17 heavy (non-hydrogen) atoms. The van der Waals surface area contributed by atoms with Crippen molar-refractivity contribution >= 4 is 18.0 Å². The molecule has 1 aromatic heterocycles. The first-order valence-corrected chi connectivity index (χ1v) is 5.25. The molecule has 0 saturated heterocycles. The van der Waals surface area contributed by atoms with E-state index >= 15 is 0 Å². The van der Waals surface area contributed by atoms with Gasteiger partial charge in [0.25, 0.3) is 5.91 Å². The zero-order valence-electron chi connectivity index (χ0n) is 9.80. The monoisotopic (exact) mass is 237 g/mol. The molecule has 92 valence electrons. The Hall–Kier alpha value is -2.04. The number of carbonyl (C=O) groups excluding carboxylic acids is 2. The fourth-order valence-corrected chi connectivity index (χ4v) is 1.08. The summed E-state index contributed by atoms with van der Waals surface area (Å²) in [5, 5.41) is 2.61. The van der Waals surface area contributed by atoms with Gasteiger partial charge < -0.3 is 14.5 Å². The van der Waals surface area contributed by atoms with Gasteiger partial charge in [0.05, 0.1) is 6.26 Å². The molecule has 0 unspecified atom stereocenters. The van der Waals surface area contributed by atoms with Gasteiger partial charge in [0.1, 0.15) is 5.76 Å². The van der Waals surface area contributed by atoms with Gasteiger partial charge in [0.15, 0.2) is 6.61 Å². The smallest absolute Gasteiger partial charge is 0.331 e. The Morgan fingerprint density at radius 2 is 2.29 bits per heavy atom. The van der Waals surface area contributed by atoms with Crippen LogP contribution in [-0.2, 0) is 14.3 Å². The Balaban J connectivity index is 2.28. The van der Waals surface area contributed by atoms with E-state index in [-0.39, 0.29) is 18.6 Å². The van der Waals surface area contributed by atoms with Gasteiger partial charge in [-0.1, -0.05) is 0 Å². The van der Waals surface area contributed by atoms with Crippen LogP contribution in [0.25, 0.3) is 6.08 Å². The Bertz CT molecular complexity index is 393. The van der Waals surface area contributed by atoms with Crippen LogP contribution in [0.3, 0.4) is 0 Å². The average molecular weight is 237 g/mol. The molecular weight excluding hydrogens is 222 g/mol. The molecule has 0 bridgehead atoms. The number of esters is 1. The van der Waals surface area contributed by atoms with Crippen molar-refractivity contribution in [1.82, 2.24) is 5.32 Å². The molecule has 0 saturated carbocycles. The molecule has 5 heteroatoms. The molecule has 0 aliphatic rings. The highest BCUT2D eigenvalue weighted by Crippen LogP contribution is 2.02. The maximum atomic E-state index is 11.2. The molecule has 0 radical (unpaired) electrons. The molecule has 0 aliphatic heterocycles. The fourth-order valence-electron chi connectivity index (χ4n) is 1.08. The number of furan rings is 1. The highest BCUT2D eigenvalue weighted by Gasteiger charge is 2.05. The summed E-state index contributed by atoms with van der Waals surface area (Å²) in [4.78, 5) is 22.4. The van der Waals surface area contributed by atoms with Crippen molar-refractivity contribution in [3.05, 3.63) is 30.2 Å². The molecule has 0 spiro atoms. The predicted octanol–water partition coefficient (Wildman–Crippen LogP) is 1.36. The van der Waals surface area contributed by atoms with Crippen molar-refractivity contribution in [2.45, 2.75) is 19.9 Å². The van der Waals surface area contributed by atoms with Crippen LogP contribution in [0, 0.1) is 0 Å². The summed E-state index contributed by atoms with van der Waals surface area (Å²) in [5.74, 6) is -0.353. The van der Waals surface area contributed by atoms with Gasteiger partial charge in [-0.05, 0) is 32.1 Å². The molecule has 1 aromatic rings. The summed E-state index contributed by atoms with van der Waals surface area (Å²) in [7, 11) is 0. The summed E-state index contributed by atoms with van der Waals surface area (Å²) in [6.45, 7) is 3.38. The molecule has 0 fully saturated rings. The maximum Gasteiger partial charge on any atom is 0.331 e. The number of ether oxygens (including phenoxy) is 1. The van der Waals surface area contributed by atoms with Crippen molar-refractivity contribution < 1.29 is 18.7 Å². The van der Waals surface area contributed by atoms with E-state index in [1.54, 1.807) is 12.1 Å². The number of rotatable bonds is 5. The van der Waals surface area contributed by atoms with Crippen LogP contribution in [0.1, 0.15) is 19.6 Å². The molecule has 1 heterocycles. The Labute approximate surface area is 99.4 Å². The van der Waals surface area contributed by atoms with Gasteiger partial charge >= 0.3 is 5.97 Å². The first-order chi connectivity index (χ1) is 8.08. The van der Waals surface area contributed by atoms with E-state index < -0.39 is 5.97 Å². The maximum absolute atomic E-state index is 11.2. The summed E-state index contributed by atoms with van der Waals surface area (Å²) in [6.07, 6.45) is 4.19. The Morgan fingerprint density at radius 3 is 2.88 bits per heavy atom. The predicted molar refractivity (Wildman–Crippen MR) is 62.0 cm³/mol. The van der Waals surface area contributed by atoms with E-state index in [1.807, 2.05) is 13.8 Å². The third-order valence-electron chi connectivity index (χ3n) is 1.72. The lowest BCUT2D eigenvalue weighted by Crippen LogP contribution is -2.33. The first kappa shape index (κ1) is 13.0. The SMILES string of the molecule is CC(C)NC(=O)COC(=O)C=Cc1ccco1. The topological polar surface area (TPSA) is 68.5 Å². The molecule has 1 N–H and O–H groups in total. The highest BCUT2D eigenvalue weighted by molar-refractivity contribution is 5.88. The van der Waals surface area contributed by atoms with Crippen LogP contribution in [0.4, 0.5) is 0 Å². The van der Waals surface area contributed by atoms with Crippen LogP contribution in [0.5, 0.6) is 0 Å². The lowest BCUT2D eigenvalue weighted by Gasteiger charge is -2.07. The zero-order chi connectivity index (χ0) is 12.7. The second kappa shape index (κ2) is 6.52. The molecule has 1 rings (SSSR count). The van der Waals surface area contributed by atoms with Crippen LogP contribution in [-0.4, -0.2) is 24.5 Å². The van der Waals surface area contributed by atoms with Crippen molar-refractivity contribution in [3.63, 3.8) is 0 Å². The minimum absolute atomic E-state index is 0.0277. The first-order valence-electron chi connectivity index (χ1n) is 5.25. The van der Waals surface area contributed by atoms with Gasteiger partial charge in [0.2, 0.25) is 0 Å². The van der Waals surface area contributed by atoms with Crippen molar-refractivity contribution in [3.8, 4) is 0 Å². The van der Waals surface area contributed by atoms with Gasteiger partial charge in [0, 0.05) is 12.1 Å². The normalized spacial score (nSPS) is 10.8. The summed E-state index contributed by atoms with van der Waals surface area (Å²) >= 11 is 0. The summed E-state index contributed by atoms with van der Waals surface area (Å²) in [5.41, 5.74) is 0. The van der Waals surface area contributed by atoms with E-state index in [9.17, 15) is 9.59 Å². The van der Waals surface area contributed by atoms with Crippen molar-refractivity contribution in [2.24, 2.45) is 0 Å². The van der Waals surface area contributed by atoms with E-state index in [2.05, 4.69) is 5.32 Å². The van der Waals surface area contributed by atoms with Gasteiger partial charge in [-0.25, -0.2) is 4.79 Å². The minimum Gasteiger partial charge on any atom is -0.465 e.